The Hall–Kier alpha value is -1.30. The number of hydrogen-bond acceptors (Lipinski definition) is 3. The minimum Gasteiger partial charge on any atom is -0.379 e. The normalized spacial score (nSPS) is 28.0. The number of piperidine rings is 1. The lowest BCUT2D eigenvalue weighted by atomic mass is 9.79. The molecule has 2 aromatic rings. The molecule has 0 unspecified atom stereocenters. The number of fused-ring (bicyclic) bond motifs is 1. The van der Waals surface area contributed by atoms with Gasteiger partial charge in [-0.15, -0.1) is 0 Å². The van der Waals surface area contributed by atoms with E-state index in [4.69, 9.17) is 16.3 Å². The third kappa shape index (κ3) is 3.69. The number of H-pyrrole nitrogens is 1. The number of aromatic nitrogens is 2. The van der Waals surface area contributed by atoms with Gasteiger partial charge in [-0.25, -0.2) is 4.79 Å². The number of rotatable bonds is 4. The molecule has 1 saturated heterocycles. The topological polar surface area (TPSA) is 50.3 Å². The molecule has 1 aromatic heterocycles. The van der Waals surface area contributed by atoms with E-state index in [0.29, 0.717) is 11.1 Å². The molecule has 4 rings (SSSR count). The average Bonchev–Trinajstić information content (AvgIpc) is 2.99. The first kappa shape index (κ1) is 19.0. The molecule has 0 amide bonds. The second kappa shape index (κ2) is 7.61. The molecule has 6 heteroatoms. The summed E-state index contributed by atoms with van der Waals surface area (Å²) in [6.07, 6.45) is 7.16. The van der Waals surface area contributed by atoms with Crippen LogP contribution >= 0.6 is 11.6 Å². The molecule has 2 fully saturated rings. The van der Waals surface area contributed by atoms with Gasteiger partial charge in [0.05, 0.1) is 17.1 Å². The Kier molecular flexibility index (Phi) is 5.36. The van der Waals surface area contributed by atoms with E-state index in [1.807, 2.05) is 22.8 Å². The number of hydrogen-bond donors (Lipinski definition) is 1. The van der Waals surface area contributed by atoms with E-state index >= 15 is 0 Å². The Bertz CT molecular complexity index is 843. The summed E-state index contributed by atoms with van der Waals surface area (Å²) in [4.78, 5) is 18.2. The van der Waals surface area contributed by atoms with Crippen molar-refractivity contribution in [2.24, 2.45) is 0 Å². The molecule has 1 aliphatic carbocycles. The zero-order valence-electron chi connectivity index (χ0n) is 16.3. The van der Waals surface area contributed by atoms with Crippen LogP contribution < -0.4 is 5.69 Å². The number of benzene rings is 1. The number of aromatic amines is 1. The van der Waals surface area contributed by atoms with Crippen LogP contribution in [0.3, 0.4) is 0 Å². The van der Waals surface area contributed by atoms with Crippen molar-refractivity contribution in [3.8, 4) is 0 Å². The Labute approximate surface area is 165 Å². The van der Waals surface area contributed by atoms with Gasteiger partial charge in [0.15, 0.2) is 0 Å². The lowest BCUT2D eigenvalue weighted by Crippen LogP contribution is -2.53. The van der Waals surface area contributed by atoms with Crippen LogP contribution in [0.2, 0.25) is 5.02 Å². The molecule has 0 bridgehead atoms. The second-order valence-electron chi connectivity index (χ2n) is 8.33. The summed E-state index contributed by atoms with van der Waals surface area (Å²) in [7, 11) is 0. The highest BCUT2D eigenvalue weighted by Gasteiger charge is 2.38. The number of halogens is 1. The Morgan fingerprint density at radius 2 is 1.93 bits per heavy atom. The lowest BCUT2D eigenvalue weighted by molar-refractivity contribution is -0.0273. The fourth-order valence-electron chi connectivity index (χ4n) is 5.05. The zero-order chi connectivity index (χ0) is 19.0. The van der Waals surface area contributed by atoms with Gasteiger partial charge in [-0.3, -0.25) is 9.47 Å². The highest BCUT2D eigenvalue weighted by Crippen LogP contribution is 2.38. The van der Waals surface area contributed by atoms with Gasteiger partial charge in [-0.05, 0) is 70.6 Å². The summed E-state index contributed by atoms with van der Waals surface area (Å²) < 4.78 is 7.75. The molecule has 2 heterocycles. The largest absolute Gasteiger partial charge is 0.379 e. The van der Waals surface area contributed by atoms with Crippen molar-refractivity contribution in [1.82, 2.24) is 14.5 Å². The average molecular weight is 392 g/mol. The van der Waals surface area contributed by atoms with Crippen LogP contribution in [0, 0.1) is 0 Å². The predicted molar refractivity (Wildman–Crippen MR) is 110 cm³/mol. The van der Waals surface area contributed by atoms with E-state index in [-0.39, 0.29) is 17.3 Å². The highest BCUT2D eigenvalue weighted by molar-refractivity contribution is 6.31. The van der Waals surface area contributed by atoms with Crippen molar-refractivity contribution < 1.29 is 4.74 Å². The first-order chi connectivity index (χ1) is 13.0. The fourth-order valence-corrected chi connectivity index (χ4v) is 5.22. The van der Waals surface area contributed by atoms with Crippen LogP contribution in [-0.4, -0.2) is 45.8 Å². The minimum absolute atomic E-state index is 0.0193. The molecule has 0 atom stereocenters. The molecular weight excluding hydrogens is 362 g/mol. The van der Waals surface area contributed by atoms with Crippen molar-refractivity contribution >= 4 is 22.6 Å². The van der Waals surface area contributed by atoms with Gasteiger partial charge in [0, 0.05) is 36.3 Å². The zero-order valence-corrected chi connectivity index (χ0v) is 17.1. The van der Waals surface area contributed by atoms with Gasteiger partial charge in [-0.1, -0.05) is 11.6 Å². The summed E-state index contributed by atoms with van der Waals surface area (Å²) in [5.74, 6) is 0. The van der Waals surface area contributed by atoms with E-state index in [1.54, 1.807) is 0 Å². The Morgan fingerprint density at radius 3 is 2.59 bits per heavy atom. The van der Waals surface area contributed by atoms with E-state index in [1.165, 1.54) is 12.8 Å². The van der Waals surface area contributed by atoms with Crippen molar-refractivity contribution in [1.29, 1.82) is 0 Å². The number of nitrogens with zero attached hydrogens (tertiary/aromatic N) is 2. The van der Waals surface area contributed by atoms with Crippen LogP contribution in [0.15, 0.2) is 23.0 Å². The molecule has 2 aliphatic rings. The van der Waals surface area contributed by atoms with Gasteiger partial charge in [0.1, 0.15) is 0 Å². The third-order valence-corrected chi connectivity index (χ3v) is 6.92. The van der Waals surface area contributed by atoms with Gasteiger partial charge in [-0.2, -0.15) is 0 Å². The second-order valence-corrected chi connectivity index (χ2v) is 8.77. The van der Waals surface area contributed by atoms with Crippen LogP contribution in [0.5, 0.6) is 0 Å². The monoisotopic (exact) mass is 391 g/mol. The highest BCUT2D eigenvalue weighted by atomic mass is 35.5. The first-order valence-electron chi connectivity index (χ1n) is 10.3. The molecule has 1 N–H and O–H groups in total. The summed E-state index contributed by atoms with van der Waals surface area (Å²) in [6.45, 7) is 7.39. The van der Waals surface area contributed by atoms with E-state index in [0.717, 1.165) is 56.4 Å². The molecular formula is C21H30ClN3O2. The molecule has 0 radical (unpaired) electrons. The summed E-state index contributed by atoms with van der Waals surface area (Å²) in [6, 6.07) is 5.86. The van der Waals surface area contributed by atoms with Gasteiger partial charge < -0.3 is 9.72 Å². The van der Waals surface area contributed by atoms with E-state index < -0.39 is 0 Å². The predicted octanol–water partition coefficient (Wildman–Crippen LogP) is 4.36. The summed E-state index contributed by atoms with van der Waals surface area (Å²) in [5.41, 5.74) is 2.05. The fraction of sp³-hybridized carbons (Fsp3) is 0.667. The Morgan fingerprint density at radius 1 is 1.22 bits per heavy atom. The van der Waals surface area contributed by atoms with Gasteiger partial charge in [0.25, 0.3) is 0 Å². The third-order valence-electron chi connectivity index (χ3n) is 6.68. The van der Waals surface area contributed by atoms with Crippen LogP contribution in [0.25, 0.3) is 11.0 Å². The SMILES string of the molecule is CCO[C@H]1CC[C@](C)(N2CCC(n3c(=O)[nH]c4ccc(Cl)cc43)CC2)CC1. The maximum absolute atomic E-state index is 12.5. The molecule has 27 heavy (non-hydrogen) atoms. The number of nitrogens with one attached hydrogen (secondary N) is 1. The molecule has 148 valence electrons. The maximum atomic E-state index is 12.5. The quantitative estimate of drug-likeness (QED) is 0.842. The van der Waals surface area contributed by atoms with Crippen LogP contribution in [0.1, 0.15) is 58.4 Å². The first-order valence-corrected chi connectivity index (χ1v) is 10.6. The number of likely N-dealkylation sites (tertiary alicyclic amines) is 1. The summed E-state index contributed by atoms with van der Waals surface area (Å²) in [5, 5.41) is 0.672. The summed E-state index contributed by atoms with van der Waals surface area (Å²) >= 11 is 6.17. The van der Waals surface area contributed by atoms with E-state index in [2.05, 4.69) is 23.7 Å². The van der Waals surface area contributed by atoms with Crippen molar-refractivity contribution in [3.05, 3.63) is 33.7 Å². The molecule has 1 aromatic carbocycles. The number of imidazole rings is 1. The van der Waals surface area contributed by atoms with Crippen molar-refractivity contribution in [3.63, 3.8) is 0 Å². The van der Waals surface area contributed by atoms with Crippen molar-refractivity contribution in [2.75, 3.05) is 19.7 Å². The smallest absolute Gasteiger partial charge is 0.326 e. The van der Waals surface area contributed by atoms with Gasteiger partial charge in [0.2, 0.25) is 0 Å². The molecule has 5 nitrogen and oxygen atoms in total. The lowest BCUT2D eigenvalue weighted by Gasteiger charge is -2.48. The van der Waals surface area contributed by atoms with Crippen LogP contribution in [-0.2, 0) is 4.74 Å². The van der Waals surface area contributed by atoms with Gasteiger partial charge >= 0.3 is 5.69 Å². The standard InChI is InChI=1S/C21H30ClN3O2/c1-3-27-17-6-10-21(2,11-7-17)24-12-8-16(9-13-24)25-19-14-15(22)4-5-18(19)23-20(25)26/h4-5,14,16-17H,3,6-13H2,1-2H3,(H,23,26)/t17-,21-. The number of ether oxygens (including phenoxy) is 1. The van der Waals surface area contributed by atoms with Crippen molar-refractivity contribution in [2.45, 2.75) is 70.1 Å². The Balaban J connectivity index is 1.45. The molecule has 1 saturated carbocycles. The van der Waals surface area contributed by atoms with Crippen LogP contribution in [0.4, 0.5) is 0 Å². The minimum atomic E-state index is -0.0193. The molecule has 1 aliphatic heterocycles. The molecule has 0 spiro atoms. The van der Waals surface area contributed by atoms with E-state index in [9.17, 15) is 4.79 Å². The maximum Gasteiger partial charge on any atom is 0.326 e.